The number of hydrogen-bond acceptors (Lipinski definition) is 2. The smallest absolute Gasteiger partial charge is 0.127 e. The van der Waals surface area contributed by atoms with E-state index in [4.69, 9.17) is 0 Å². The molecule has 1 aliphatic carbocycles. The molecule has 0 radical (unpaired) electrons. The van der Waals surface area contributed by atoms with E-state index in [1.807, 2.05) is 12.1 Å². The van der Waals surface area contributed by atoms with Gasteiger partial charge in [0.1, 0.15) is 5.82 Å². The molecular weight excluding hydrogens is 239 g/mol. The minimum absolute atomic E-state index is 0.0902. The Labute approximate surface area is 116 Å². The van der Waals surface area contributed by atoms with Gasteiger partial charge in [0.15, 0.2) is 0 Å². The summed E-state index contributed by atoms with van der Waals surface area (Å²) in [6.45, 7) is 6.15. The Morgan fingerprint density at radius 2 is 2.05 bits per heavy atom. The molecule has 19 heavy (non-hydrogen) atoms. The summed E-state index contributed by atoms with van der Waals surface area (Å²) in [7, 11) is 2.18. The molecule has 0 amide bonds. The van der Waals surface area contributed by atoms with E-state index in [2.05, 4.69) is 31.1 Å². The topological polar surface area (TPSA) is 15.3 Å². The number of hydrogen-bond donors (Lipinski definition) is 1. The Kier molecular flexibility index (Phi) is 4.94. The van der Waals surface area contributed by atoms with E-state index < -0.39 is 0 Å². The summed E-state index contributed by atoms with van der Waals surface area (Å²) in [5.41, 5.74) is 0.793. The lowest BCUT2D eigenvalue weighted by atomic mass is 9.93. The zero-order valence-corrected chi connectivity index (χ0v) is 12.2. The van der Waals surface area contributed by atoms with E-state index in [0.717, 1.165) is 24.7 Å². The molecule has 106 valence electrons. The van der Waals surface area contributed by atoms with Gasteiger partial charge < -0.3 is 10.2 Å². The van der Waals surface area contributed by atoms with Crippen LogP contribution in [0.5, 0.6) is 0 Å². The third-order valence-corrected chi connectivity index (χ3v) is 3.98. The molecule has 2 rings (SSSR count). The van der Waals surface area contributed by atoms with Crippen molar-refractivity contribution < 1.29 is 4.39 Å². The van der Waals surface area contributed by atoms with Gasteiger partial charge in [0.2, 0.25) is 0 Å². The van der Waals surface area contributed by atoms with E-state index in [0.29, 0.717) is 5.92 Å². The fourth-order valence-electron chi connectivity index (χ4n) is 2.79. The van der Waals surface area contributed by atoms with Gasteiger partial charge in [-0.1, -0.05) is 32.0 Å². The molecule has 0 spiro atoms. The standard InChI is InChI=1S/C16H25FN2/c1-4-18-16(14-7-5-6-8-15(14)17)12(2)11-19(3)13-9-10-13/h5-8,12-13,16,18H,4,9-11H2,1-3H3. The van der Waals surface area contributed by atoms with Crippen LogP contribution in [0.15, 0.2) is 24.3 Å². The maximum atomic E-state index is 14.0. The number of halogens is 1. The molecule has 2 unspecified atom stereocenters. The molecule has 2 atom stereocenters. The van der Waals surface area contributed by atoms with Crippen molar-refractivity contribution >= 4 is 0 Å². The summed E-state index contributed by atoms with van der Waals surface area (Å²) in [6, 6.07) is 7.97. The van der Waals surface area contributed by atoms with Gasteiger partial charge in [0, 0.05) is 24.2 Å². The van der Waals surface area contributed by atoms with Crippen LogP contribution in [0.4, 0.5) is 4.39 Å². The molecule has 2 nitrogen and oxygen atoms in total. The Hall–Kier alpha value is -0.930. The van der Waals surface area contributed by atoms with Crippen LogP contribution in [0.3, 0.4) is 0 Å². The fourth-order valence-corrected chi connectivity index (χ4v) is 2.79. The Morgan fingerprint density at radius 1 is 1.37 bits per heavy atom. The van der Waals surface area contributed by atoms with E-state index >= 15 is 0 Å². The van der Waals surface area contributed by atoms with Crippen molar-refractivity contribution in [3.05, 3.63) is 35.6 Å². The van der Waals surface area contributed by atoms with Gasteiger partial charge in [-0.2, -0.15) is 0 Å². The van der Waals surface area contributed by atoms with Crippen molar-refractivity contribution in [2.75, 3.05) is 20.1 Å². The first kappa shape index (κ1) is 14.5. The molecule has 1 fully saturated rings. The number of nitrogens with zero attached hydrogens (tertiary/aromatic N) is 1. The van der Waals surface area contributed by atoms with Crippen molar-refractivity contribution in [2.45, 2.75) is 38.8 Å². The predicted octanol–water partition coefficient (Wildman–Crippen LogP) is 3.21. The van der Waals surface area contributed by atoms with Crippen LogP contribution < -0.4 is 5.32 Å². The van der Waals surface area contributed by atoms with Crippen LogP contribution in [0, 0.1) is 11.7 Å². The van der Waals surface area contributed by atoms with E-state index in [-0.39, 0.29) is 11.9 Å². The van der Waals surface area contributed by atoms with Crippen molar-refractivity contribution in [1.29, 1.82) is 0 Å². The molecule has 1 saturated carbocycles. The molecule has 0 aliphatic heterocycles. The lowest BCUT2D eigenvalue weighted by Crippen LogP contribution is -2.35. The maximum Gasteiger partial charge on any atom is 0.127 e. The average molecular weight is 264 g/mol. The van der Waals surface area contributed by atoms with Crippen molar-refractivity contribution in [2.24, 2.45) is 5.92 Å². The molecule has 0 bridgehead atoms. The second-order valence-electron chi connectivity index (χ2n) is 5.70. The fraction of sp³-hybridized carbons (Fsp3) is 0.625. The summed E-state index contributed by atoms with van der Waals surface area (Å²) in [6.07, 6.45) is 2.63. The molecule has 1 aromatic carbocycles. The molecular formula is C16H25FN2. The first-order chi connectivity index (χ1) is 9.13. The third-order valence-electron chi connectivity index (χ3n) is 3.98. The quantitative estimate of drug-likeness (QED) is 0.813. The molecule has 1 N–H and O–H groups in total. The summed E-state index contributed by atoms with van der Waals surface area (Å²) >= 11 is 0. The van der Waals surface area contributed by atoms with Crippen LogP contribution in [-0.4, -0.2) is 31.1 Å². The summed E-state index contributed by atoms with van der Waals surface area (Å²) in [5, 5.41) is 3.44. The highest BCUT2D eigenvalue weighted by atomic mass is 19.1. The van der Waals surface area contributed by atoms with E-state index in [9.17, 15) is 4.39 Å². The highest BCUT2D eigenvalue weighted by Gasteiger charge is 2.29. The van der Waals surface area contributed by atoms with Gasteiger partial charge in [0.25, 0.3) is 0 Å². The van der Waals surface area contributed by atoms with Gasteiger partial charge in [0.05, 0.1) is 0 Å². The van der Waals surface area contributed by atoms with Crippen molar-refractivity contribution in [3.63, 3.8) is 0 Å². The van der Waals surface area contributed by atoms with E-state index in [1.165, 1.54) is 12.8 Å². The highest BCUT2D eigenvalue weighted by molar-refractivity contribution is 5.22. The van der Waals surface area contributed by atoms with Crippen LogP contribution in [-0.2, 0) is 0 Å². The maximum absolute atomic E-state index is 14.0. The second kappa shape index (κ2) is 6.49. The van der Waals surface area contributed by atoms with Crippen molar-refractivity contribution in [1.82, 2.24) is 10.2 Å². The second-order valence-corrected chi connectivity index (χ2v) is 5.70. The lowest BCUT2D eigenvalue weighted by Gasteiger charge is -2.29. The Bertz CT molecular complexity index is 403. The van der Waals surface area contributed by atoms with Crippen LogP contribution in [0.2, 0.25) is 0 Å². The largest absolute Gasteiger partial charge is 0.310 e. The average Bonchev–Trinajstić information content (AvgIpc) is 3.21. The zero-order valence-electron chi connectivity index (χ0n) is 12.2. The summed E-state index contributed by atoms with van der Waals surface area (Å²) in [5.74, 6) is 0.289. The molecule has 0 aromatic heterocycles. The van der Waals surface area contributed by atoms with Gasteiger partial charge in [-0.05, 0) is 38.4 Å². The van der Waals surface area contributed by atoms with Crippen LogP contribution >= 0.6 is 0 Å². The number of rotatable bonds is 7. The highest BCUT2D eigenvalue weighted by Crippen LogP contribution is 2.29. The van der Waals surface area contributed by atoms with Crippen LogP contribution in [0.1, 0.15) is 38.3 Å². The number of nitrogens with one attached hydrogen (secondary N) is 1. The third kappa shape index (κ3) is 3.77. The Balaban J connectivity index is 2.07. The van der Waals surface area contributed by atoms with Gasteiger partial charge in [-0.3, -0.25) is 0 Å². The van der Waals surface area contributed by atoms with Crippen molar-refractivity contribution in [3.8, 4) is 0 Å². The molecule has 3 heteroatoms. The molecule has 0 saturated heterocycles. The van der Waals surface area contributed by atoms with Gasteiger partial charge in [-0.25, -0.2) is 4.39 Å². The van der Waals surface area contributed by atoms with Gasteiger partial charge in [-0.15, -0.1) is 0 Å². The minimum Gasteiger partial charge on any atom is -0.310 e. The summed E-state index contributed by atoms with van der Waals surface area (Å²) in [4.78, 5) is 2.41. The SMILES string of the molecule is CCNC(c1ccccc1F)C(C)CN(C)C1CC1. The normalized spacial score (nSPS) is 18.6. The van der Waals surface area contributed by atoms with Gasteiger partial charge >= 0.3 is 0 Å². The number of benzene rings is 1. The lowest BCUT2D eigenvalue weighted by molar-refractivity contribution is 0.238. The Morgan fingerprint density at radius 3 is 2.63 bits per heavy atom. The monoisotopic (exact) mass is 264 g/mol. The molecule has 0 heterocycles. The molecule has 1 aliphatic rings. The van der Waals surface area contributed by atoms with Crippen LogP contribution in [0.25, 0.3) is 0 Å². The molecule has 1 aromatic rings. The zero-order chi connectivity index (χ0) is 13.8. The summed E-state index contributed by atoms with van der Waals surface area (Å²) < 4.78 is 14.0. The predicted molar refractivity (Wildman–Crippen MR) is 77.6 cm³/mol. The minimum atomic E-state index is -0.102. The van der Waals surface area contributed by atoms with E-state index in [1.54, 1.807) is 12.1 Å². The first-order valence-corrected chi connectivity index (χ1v) is 7.31. The first-order valence-electron chi connectivity index (χ1n) is 7.31.